The predicted octanol–water partition coefficient (Wildman–Crippen LogP) is 6.31. The van der Waals surface area contributed by atoms with Gasteiger partial charge in [-0.05, 0) is 96.2 Å². The number of ether oxygens (including phenoxy) is 1. The molecule has 30 heavy (non-hydrogen) atoms. The monoisotopic (exact) mass is 466 g/mol. The number of hydrogen-bond donors (Lipinski definition) is 2. The van der Waals surface area contributed by atoms with E-state index in [9.17, 15) is 4.79 Å². The lowest BCUT2D eigenvalue weighted by molar-refractivity contribution is -0.118. The van der Waals surface area contributed by atoms with E-state index in [1.807, 2.05) is 50.2 Å². The van der Waals surface area contributed by atoms with Gasteiger partial charge in [-0.2, -0.15) is 0 Å². The minimum Gasteiger partial charge on any atom is -0.483 e. The van der Waals surface area contributed by atoms with Gasteiger partial charge in [-0.3, -0.25) is 4.79 Å². The molecule has 0 radical (unpaired) electrons. The maximum absolute atomic E-state index is 12.3. The summed E-state index contributed by atoms with van der Waals surface area (Å²) in [7, 11) is 0. The summed E-state index contributed by atoms with van der Waals surface area (Å²) in [5.74, 6) is 0.454. The van der Waals surface area contributed by atoms with Crippen molar-refractivity contribution in [2.75, 3.05) is 17.2 Å². The van der Waals surface area contributed by atoms with E-state index in [1.165, 1.54) is 11.1 Å². The average molecular weight is 467 g/mol. The number of carbonyl (C=O) groups is 1. The molecule has 2 N–H and O–H groups in total. The molecule has 4 nitrogen and oxygen atoms in total. The maximum Gasteiger partial charge on any atom is 0.262 e. The highest BCUT2D eigenvalue weighted by molar-refractivity contribution is 9.10. The largest absolute Gasteiger partial charge is 0.483 e. The first-order valence-electron chi connectivity index (χ1n) is 9.91. The molecule has 0 aliphatic carbocycles. The Bertz CT molecular complexity index is 1060. The molecule has 0 unspecified atom stereocenters. The van der Waals surface area contributed by atoms with Gasteiger partial charge < -0.3 is 15.4 Å². The predicted molar refractivity (Wildman–Crippen MR) is 127 cm³/mol. The summed E-state index contributed by atoms with van der Waals surface area (Å²) < 4.78 is 6.52. The first kappa shape index (κ1) is 21.9. The third-order valence-corrected chi connectivity index (χ3v) is 5.63. The fourth-order valence-electron chi connectivity index (χ4n) is 3.11. The number of carbonyl (C=O) groups excluding carboxylic acids is 1. The van der Waals surface area contributed by atoms with Crippen molar-refractivity contribution in [3.8, 4) is 5.75 Å². The molecule has 0 saturated carbocycles. The second-order valence-corrected chi connectivity index (χ2v) is 8.43. The average Bonchev–Trinajstić information content (AvgIpc) is 2.70. The Morgan fingerprint density at radius 1 is 0.900 bits per heavy atom. The molecule has 0 aliphatic rings. The Hall–Kier alpha value is -2.79. The first-order valence-corrected chi connectivity index (χ1v) is 10.7. The molecular weight excluding hydrogens is 440 g/mol. The highest BCUT2D eigenvalue weighted by Gasteiger charge is 2.09. The number of nitrogens with one attached hydrogen (secondary N) is 2. The van der Waals surface area contributed by atoms with E-state index in [0.29, 0.717) is 12.3 Å². The van der Waals surface area contributed by atoms with Crippen molar-refractivity contribution >= 4 is 33.2 Å². The van der Waals surface area contributed by atoms with Gasteiger partial charge in [0.2, 0.25) is 0 Å². The molecule has 3 aromatic rings. The van der Waals surface area contributed by atoms with Crippen molar-refractivity contribution in [3.05, 3.63) is 86.9 Å². The minimum atomic E-state index is -0.186. The summed E-state index contributed by atoms with van der Waals surface area (Å²) in [5, 5.41) is 6.33. The molecule has 5 heteroatoms. The zero-order valence-corrected chi connectivity index (χ0v) is 19.4. The second kappa shape index (κ2) is 9.81. The van der Waals surface area contributed by atoms with Crippen molar-refractivity contribution in [1.29, 1.82) is 0 Å². The number of rotatable bonds is 7. The Morgan fingerprint density at radius 3 is 2.40 bits per heavy atom. The first-order chi connectivity index (χ1) is 14.3. The number of aryl methyl sites for hydroxylation is 4. The standard InChI is InChI=1S/C25H27BrN2O2/c1-16-5-9-23(19(4)11-16)28-25(29)15-30-24-10-7-20(13-22(24)26)14-27-21-8-6-17(2)18(3)12-21/h5-13,27H,14-15H2,1-4H3,(H,28,29). The van der Waals surface area contributed by atoms with Crippen molar-refractivity contribution in [3.63, 3.8) is 0 Å². The van der Waals surface area contributed by atoms with Crippen LogP contribution in [0.4, 0.5) is 11.4 Å². The van der Waals surface area contributed by atoms with E-state index in [-0.39, 0.29) is 12.5 Å². The Kier molecular flexibility index (Phi) is 7.16. The van der Waals surface area contributed by atoms with Crippen LogP contribution in [0, 0.1) is 27.7 Å². The smallest absolute Gasteiger partial charge is 0.262 e. The third-order valence-electron chi connectivity index (χ3n) is 5.01. The van der Waals surface area contributed by atoms with Crippen LogP contribution < -0.4 is 15.4 Å². The normalized spacial score (nSPS) is 10.6. The van der Waals surface area contributed by atoms with Gasteiger partial charge >= 0.3 is 0 Å². The number of benzene rings is 3. The van der Waals surface area contributed by atoms with E-state index in [4.69, 9.17) is 4.74 Å². The van der Waals surface area contributed by atoms with Crippen molar-refractivity contribution in [2.24, 2.45) is 0 Å². The molecule has 0 heterocycles. The molecular formula is C25H27BrN2O2. The van der Waals surface area contributed by atoms with Gasteiger partial charge in [0.25, 0.3) is 5.91 Å². The van der Waals surface area contributed by atoms with E-state index >= 15 is 0 Å². The summed E-state index contributed by atoms with van der Waals surface area (Å²) in [6.45, 7) is 8.88. The van der Waals surface area contributed by atoms with Gasteiger partial charge in [-0.1, -0.05) is 29.8 Å². The van der Waals surface area contributed by atoms with E-state index < -0.39 is 0 Å². The fourth-order valence-corrected chi connectivity index (χ4v) is 3.65. The molecule has 3 rings (SSSR count). The summed E-state index contributed by atoms with van der Waals surface area (Å²) in [6.07, 6.45) is 0. The van der Waals surface area contributed by atoms with Crippen LogP contribution in [0.5, 0.6) is 5.75 Å². The van der Waals surface area contributed by atoms with Gasteiger partial charge in [-0.15, -0.1) is 0 Å². The molecule has 0 bridgehead atoms. The van der Waals surface area contributed by atoms with Gasteiger partial charge in [-0.25, -0.2) is 0 Å². The quantitative estimate of drug-likeness (QED) is 0.428. The molecule has 156 valence electrons. The maximum atomic E-state index is 12.3. The van der Waals surface area contributed by atoms with E-state index in [2.05, 4.69) is 58.6 Å². The zero-order valence-electron chi connectivity index (χ0n) is 17.8. The Balaban J connectivity index is 1.54. The van der Waals surface area contributed by atoms with Crippen molar-refractivity contribution < 1.29 is 9.53 Å². The molecule has 0 saturated heterocycles. The van der Waals surface area contributed by atoms with Crippen LogP contribution in [0.3, 0.4) is 0 Å². The van der Waals surface area contributed by atoms with Crippen molar-refractivity contribution in [1.82, 2.24) is 0 Å². The second-order valence-electron chi connectivity index (χ2n) is 7.57. The zero-order chi connectivity index (χ0) is 21.7. The number of amides is 1. The third kappa shape index (κ3) is 5.86. The number of hydrogen-bond acceptors (Lipinski definition) is 3. The molecule has 0 spiro atoms. The lowest BCUT2D eigenvalue weighted by Gasteiger charge is -2.13. The van der Waals surface area contributed by atoms with Crippen LogP contribution in [0.2, 0.25) is 0 Å². The van der Waals surface area contributed by atoms with Crippen LogP contribution in [-0.2, 0) is 11.3 Å². The molecule has 0 atom stereocenters. The van der Waals surface area contributed by atoms with Crippen molar-refractivity contribution in [2.45, 2.75) is 34.2 Å². The van der Waals surface area contributed by atoms with Gasteiger partial charge in [0.05, 0.1) is 4.47 Å². The molecule has 0 fully saturated rings. The SMILES string of the molecule is Cc1ccc(NC(=O)COc2ccc(CNc3ccc(C)c(C)c3)cc2Br)c(C)c1. The van der Waals surface area contributed by atoms with Gasteiger partial charge in [0.1, 0.15) is 5.75 Å². The lowest BCUT2D eigenvalue weighted by Crippen LogP contribution is -2.20. The van der Waals surface area contributed by atoms with Crippen LogP contribution in [0.25, 0.3) is 0 Å². The Morgan fingerprint density at radius 2 is 1.70 bits per heavy atom. The van der Waals surface area contributed by atoms with Gasteiger partial charge in [0, 0.05) is 17.9 Å². The summed E-state index contributed by atoms with van der Waals surface area (Å²) in [6, 6.07) is 18.2. The van der Waals surface area contributed by atoms with Crippen LogP contribution >= 0.6 is 15.9 Å². The number of anilines is 2. The van der Waals surface area contributed by atoms with Gasteiger partial charge in [0.15, 0.2) is 6.61 Å². The highest BCUT2D eigenvalue weighted by Crippen LogP contribution is 2.27. The topological polar surface area (TPSA) is 50.4 Å². The minimum absolute atomic E-state index is 0.0494. The van der Waals surface area contributed by atoms with Crippen LogP contribution in [-0.4, -0.2) is 12.5 Å². The van der Waals surface area contributed by atoms with E-state index in [1.54, 1.807) is 0 Å². The molecule has 3 aromatic carbocycles. The summed E-state index contributed by atoms with van der Waals surface area (Å²) in [4.78, 5) is 12.3. The van der Waals surface area contributed by atoms with E-state index in [0.717, 1.165) is 32.5 Å². The highest BCUT2D eigenvalue weighted by atomic mass is 79.9. The summed E-state index contributed by atoms with van der Waals surface area (Å²) in [5.41, 5.74) is 7.77. The van der Waals surface area contributed by atoms with Crippen LogP contribution in [0.15, 0.2) is 59.1 Å². The lowest BCUT2D eigenvalue weighted by atomic mass is 10.1. The Labute approximate surface area is 186 Å². The molecule has 0 aromatic heterocycles. The summed E-state index contributed by atoms with van der Waals surface area (Å²) >= 11 is 3.55. The fraction of sp³-hybridized carbons (Fsp3) is 0.240. The number of halogens is 1. The van der Waals surface area contributed by atoms with Crippen LogP contribution in [0.1, 0.15) is 27.8 Å². The molecule has 0 aliphatic heterocycles. The molecule has 1 amide bonds.